The Hall–Kier alpha value is -0.160. The molecular weight excluding hydrogens is 254 g/mol. The molecule has 1 unspecified atom stereocenters. The first-order valence-corrected chi connectivity index (χ1v) is 3.46. The van der Waals surface area contributed by atoms with Gasteiger partial charge in [0.05, 0.1) is 0 Å². The van der Waals surface area contributed by atoms with Crippen LogP contribution in [0.15, 0.2) is 5.16 Å². The number of carbonyl (C=O) groups is 1. The Bertz CT molecular complexity index is 168. The van der Waals surface area contributed by atoms with Crippen LogP contribution in [-0.2, 0) is 32.0 Å². The summed E-state index contributed by atoms with van der Waals surface area (Å²) in [6.45, 7) is 4.70. The average Bonchev–Trinajstić information content (AvgIpc) is 2.00. The molecule has 0 aliphatic carbocycles. The van der Waals surface area contributed by atoms with Crippen molar-refractivity contribution in [3.8, 4) is 0 Å². The summed E-state index contributed by atoms with van der Waals surface area (Å²) in [6.07, 6.45) is 1.65. The van der Waals surface area contributed by atoms with Crippen LogP contribution in [0.4, 0.5) is 0 Å². The van der Waals surface area contributed by atoms with Crippen molar-refractivity contribution in [3.63, 3.8) is 0 Å². The van der Waals surface area contributed by atoms with Crippen molar-refractivity contribution in [3.05, 3.63) is 0 Å². The van der Waals surface area contributed by atoms with Crippen LogP contribution < -0.4 is 0 Å². The van der Waals surface area contributed by atoms with Gasteiger partial charge < -0.3 is 9.94 Å². The Kier molecular flexibility index (Phi) is 7.62. The quantitative estimate of drug-likeness (QED) is 0.354. The molecule has 0 aliphatic rings. The standard InChI is InChI=1S/C7H13NO3.Ag/c1-4-7(3,10)6(9)11-8-5-2;/h5,10H,4H2,1-3H3;. The molecule has 4 nitrogen and oxygen atoms in total. The van der Waals surface area contributed by atoms with Gasteiger partial charge in [-0.05, 0) is 20.3 Å². The van der Waals surface area contributed by atoms with E-state index in [0.717, 1.165) is 0 Å². The van der Waals surface area contributed by atoms with Crippen molar-refractivity contribution in [1.82, 2.24) is 0 Å². The molecule has 0 aromatic rings. The number of aliphatic hydroxyl groups is 1. The van der Waals surface area contributed by atoms with Gasteiger partial charge in [-0.1, -0.05) is 12.1 Å². The maximum atomic E-state index is 10.9. The molecular formula is C7H13AgNO3. The average molecular weight is 267 g/mol. The SMILES string of the molecule is CC=NOC(=O)C(C)(O)CC.[Ag]. The van der Waals surface area contributed by atoms with Crippen LogP contribution in [0.25, 0.3) is 0 Å². The van der Waals surface area contributed by atoms with Gasteiger partial charge in [-0.2, -0.15) is 0 Å². The molecule has 5 heteroatoms. The topological polar surface area (TPSA) is 58.9 Å². The fourth-order valence-corrected chi connectivity index (χ4v) is 0.343. The maximum absolute atomic E-state index is 10.9. The first kappa shape index (κ1) is 14.4. The van der Waals surface area contributed by atoms with E-state index in [1.807, 2.05) is 0 Å². The molecule has 0 heterocycles. The first-order chi connectivity index (χ1) is 5.04. The Morgan fingerprint density at radius 1 is 1.75 bits per heavy atom. The summed E-state index contributed by atoms with van der Waals surface area (Å²) in [5, 5.41) is 12.5. The van der Waals surface area contributed by atoms with Crippen LogP contribution in [0.2, 0.25) is 0 Å². The molecule has 75 valence electrons. The number of rotatable bonds is 3. The van der Waals surface area contributed by atoms with Crippen LogP contribution in [0.3, 0.4) is 0 Å². The third kappa shape index (κ3) is 4.66. The van der Waals surface area contributed by atoms with E-state index < -0.39 is 11.6 Å². The summed E-state index contributed by atoms with van der Waals surface area (Å²) < 4.78 is 0. The first-order valence-electron chi connectivity index (χ1n) is 3.46. The van der Waals surface area contributed by atoms with E-state index in [-0.39, 0.29) is 22.4 Å². The number of hydrogen-bond donors (Lipinski definition) is 1. The Labute approximate surface area is 87.5 Å². The van der Waals surface area contributed by atoms with E-state index in [1.54, 1.807) is 13.8 Å². The predicted molar refractivity (Wildman–Crippen MR) is 41.2 cm³/mol. The van der Waals surface area contributed by atoms with E-state index in [1.165, 1.54) is 13.1 Å². The van der Waals surface area contributed by atoms with Gasteiger partial charge in [0, 0.05) is 28.6 Å². The summed E-state index contributed by atoms with van der Waals surface area (Å²) in [7, 11) is 0. The monoisotopic (exact) mass is 266 g/mol. The molecule has 1 atom stereocenters. The summed E-state index contributed by atoms with van der Waals surface area (Å²) in [6, 6.07) is 0. The minimum Gasteiger partial charge on any atom is -0.378 e. The third-order valence-corrected chi connectivity index (χ3v) is 1.37. The fourth-order valence-electron chi connectivity index (χ4n) is 0.343. The normalized spacial score (nSPS) is 15.0. The van der Waals surface area contributed by atoms with Crippen molar-refractivity contribution >= 4 is 12.2 Å². The van der Waals surface area contributed by atoms with Crippen molar-refractivity contribution in [2.24, 2.45) is 5.16 Å². The van der Waals surface area contributed by atoms with Gasteiger partial charge >= 0.3 is 5.97 Å². The van der Waals surface area contributed by atoms with Gasteiger partial charge in [0.1, 0.15) is 0 Å². The molecule has 12 heavy (non-hydrogen) atoms. The van der Waals surface area contributed by atoms with E-state index in [0.29, 0.717) is 6.42 Å². The van der Waals surface area contributed by atoms with Gasteiger partial charge in [0.15, 0.2) is 5.60 Å². The fraction of sp³-hybridized carbons (Fsp3) is 0.714. The van der Waals surface area contributed by atoms with Crippen molar-refractivity contribution in [2.45, 2.75) is 32.8 Å². The molecule has 0 fully saturated rings. The van der Waals surface area contributed by atoms with Gasteiger partial charge in [-0.15, -0.1) is 0 Å². The zero-order chi connectivity index (χ0) is 8.91. The van der Waals surface area contributed by atoms with Crippen molar-refractivity contribution < 1.29 is 37.1 Å². The molecule has 1 radical (unpaired) electrons. The van der Waals surface area contributed by atoms with Crippen molar-refractivity contribution in [1.29, 1.82) is 0 Å². The summed E-state index contributed by atoms with van der Waals surface area (Å²) >= 11 is 0. The van der Waals surface area contributed by atoms with Crippen LogP contribution in [-0.4, -0.2) is 22.9 Å². The number of hydrogen-bond acceptors (Lipinski definition) is 4. The molecule has 0 aliphatic heterocycles. The van der Waals surface area contributed by atoms with E-state index in [9.17, 15) is 9.90 Å². The molecule has 0 bridgehead atoms. The largest absolute Gasteiger partial charge is 0.378 e. The summed E-state index contributed by atoms with van der Waals surface area (Å²) in [5.74, 6) is -0.724. The zero-order valence-electron chi connectivity index (χ0n) is 7.30. The number of nitrogens with zero attached hydrogens (tertiary/aromatic N) is 1. The minimum absolute atomic E-state index is 0. The van der Waals surface area contributed by atoms with Gasteiger partial charge in [0.25, 0.3) is 0 Å². The van der Waals surface area contributed by atoms with Crippen LogP contribution in [0.5, 0.6) is 0 Å². The Balaban J connectivity index is 0. The Morgan fingerprint density at radius 2 is 2.25 bits per heavy atom. The van der Waals surface area contributed by atoms with Gasteiger partial charge in [-0.3, -0.25) is 0 Å². The Morgan fingerprint density at radius 3 is 2.58 bits per heavy atom. The second kappa shape index (κ2) is 6.37. The number of carbonyl (C=O) groups excluding carboxylic acids is 1. The smallest absolute Gasteiger partial charge is 0.365 e. The summed E-state index contributed by atoms with van der Waals surface area (Å²) in [4.78, 5) is 15.2. The molecule has 0 saturated carbocycles. The van der Waals surface area contributed by atoms with E-state index >= 15 is 0 Å². The zero-order valence-corrected chi connectivity index (χ0v) is 8.78. The maximum Gasteiger partial charge on any atom is 0.365 e. The molecule has 0 aromatic carbocycles. The molecule has 0 amide bonds. The minimum atomic E-state index is -1.42. The predicted octanol–water partition coefficient (Wildman–Crippen LogP) is 0.694. The second-order valence-electron chi connectivity index (χ2n) is 2.37. The van der Waals surface area contributed by atoms with Gasteiger partial charge in [-0.25, -0.2) is 4.79 Å². The van der Waals surface area contributed by atoms with Gasteiger partial charge in [0.2, 0.25) is 0 Å². The molecule has 0 aromatic heterocycles. The second-order valence-corrected chi connectivity index (χ2v) is 2.37. The van der Waals surface area contributed by atoms with Crippen LogP contribution >= 0.6 is 0 Å². The third-order valence-electron chi connectivity index (χ3n) is 1.37. The molecule has 0 spiro atoms. The molecule has 0 saturated heterocycles. The van der Waals surface area contributed by atoms with E-state index in [4.69, 9.17) is 0 Å². The summed E-state index contributed by atoms with van der Waals surface area (Å²) in [5.41, 5.74) is -1.42. The van der Waals surface area contributed by atoms with Crippen molar-refractivity contribution in [2.75, 3.05) is 0 Å². The molecule has 1 N–H and O–H groups in total. The number of oxime groups is 1. The van der Waals surface area contributed by atoms with E-state index in [2.05, 4.69) is 9.99 Å². The molecule has 0 rings (SSSR count). The van der Waals surface area contributed by atoms with Crippen LogP contribution in [0.1, 0.15) is 27.2 Å². The van der Waals surface area contributed by atoms with Crippen LogP contribution in [0, 0.1) is 0 Å².